The van der Waals surface area contributed by atoms with Crippen molar-refractivity contribution in [3.05, 3.63) is 168 Å². The average molecular weight is 545 g/mol. The van der Waals surface area contributed by atoms with Crippen LogP contribution in [0.5, 0.6) is 0 Å². The summed E-state index contributed by atoms with van der Waals surface area (Å²) in [5, 5.41) is 0. The highest BCUT2D eigenvalue weighted by Gasteiger charge is 2.17. The van der Waals surface area contributed by atoms with Gasteiger partial charge in [0.15, 0.2) is 0 Å². The zero-order chi connectivity index (χ0) is 29.1. The first-order chi connectivity index (χ1) is 20.5. The van der Waals surface area contributed by atoms with Gasteiger partial charge in [-0.25, -0.2) is 0 Å². The summed E-state index contributed by atoms with van der Waals surface area (Å²) in [5.41, 5.74) is 14.3. The zero-order valence-corrected chi connectivity index (χ0v) is 24.8. The minimum atomic E-state index is 1.15. The van der Waals surface area contributed by atoms with E-state index in [0.717, 1.165) is 22.7 Å². The van der Waals surface area contributed by atoms with Gasteiger partial charge >= 0.3 is 0 Å². The average Bonchev–Trinajstić information content (AvgIpc) is 3.02. The first kappa shape index (κ1) is 27.1. The van der Waals surface area contributed by atoms with E-state index >= 15 is 0 Å². The number of nitrogens with zero attached hydrogens (tertiary/aromatic N) is 2. The van der Waals surface area contributed by atoms with Gasteiger partial charge in [-0.2, -0.15) is 0 Å². The van der Waals surface area contributed by atoms with Crippen LogP contribution < -0.4 is 9.80 Å². The van der Waals surface area contributed by atoms with E-state index in [9.17, 15) is 0 Å². The molecular formula is C40H36N2. The molecule has 0 unspecified atom stereocenters. The molecule has 0 saturated heterocycles. The van der Waals surface area contributed by atoms with Gasteiger partial charge in [-0.15, -0.1) is 0 Å². The van der Waals surface area contributed by atoms with Gasteiger partial charge in [0.25, 0.3) is 0 Å². The van der Waals surface area contributed by atoms with Crippen LogP contribution in [0.4, 0.5) is 34.1 Å². The first-order valence-corrected chi connectivity index (χ1v) is 14.5. The Hall–Kier alpha value is -5.08. The number of hydrogen-bond acceptors (Lipinski definition) is 2. The molecule has 6 rings (SSSR count). The van der Waals surface area contributed by atoms with E-state index in [-0.39, 0.29) is 0 Å². The van der Waals surface area contributed by atoms with Crippen LogP contribution >= 0.6 is 0 Å². The van der Waals surface area contributed by atoms with Gasteiger partial charge in [0.1, 0.15) is 0 Å². The van der Waals surface area contributed by atoms with Gasteiger partial charge in [-0.3, -0.25) is 0 Å². The van der Waals surface area contributed by atoms with Gasteiger partial charge in [0.2, 0.25) is 0 Å². The Balaban J connectivity index is 1.38. The highest BCUT2D eigenvalue weighted by molar-refractivity contribution is 5.83. The van der Waals surface area contributed by atoms with Crippen LogP contribution in [0, 0.1) is 27.7 Å². The summed E-state index contributed by atoms with van der Waals surface area (Å²) in [6.45, 7) is 8.67. The van der Waals surface area contributed by atoms with Crippen molar-refractivity contribution < 1.29 is 0 Å². The topological polar surface area (TPSA) is 6.48 Å². The maximum atomic E-state index is 2.34. The van der Waals surface area contributed by atoms with Gasteiger partial charge in [-0.1, -0.05) is 83.9 Å². The summed E-state index contributed by atoms with van der Waals surface area (Å²) in [5.74, 6) is 0. The SMILES string of the molecule is Cc1ccc(N(c2ccccc2)c2ccc(-c3ccc(N(c4ccccc4)c4ccc(C)cc4)c(C)c3)cc2C)cc1. The Morgan fingerprint density at radius 2 is 0.667 bits per heavy atom. The minimum Gasteiger partial charge on any atom is -0.310 e. The molecule has 206 valence electrons. The lowest BCUT2D eigenvalue weighted by Crippen LogP contribution is -2.11. The fraction of sp³-hybridized carbons (Fsp3) is 0.100. The largest absolute Gasteiger partial charge is 0.310 e. The summed E-state index contributed by atoms with van der Waals surface area (Å²) in [6, 6.07) is 52.3. The molecule has 0 fully saturated rings. The summed E-state index contributed by atoms with van der Waals surface area (Å²) in [7, 11) is 0. The smallest absolute Gasteiger partial charge is 0.0491 e. The maximum absolute atomic E-state index is 2.34. The third-order valence-electron chi connectivity index (χ3n) is 7.82. The molecule has 0 aliphatic heterocycles. The lowest BCUT2D eigenvalue weighted by molar-refractivity contribution is 1.24. The second kappa shape index (κ2) is 11.8. The van der Waals surface area contributed by atoms with E-state index in [1.165, 1.54) is 44.8 Å². The second-order valence-corrected chi connectivity index (χ2v) is 11.0. The van der Waals surface area contributed by atoms with Crippen molar-refractivity contribution in [2.24, 2.45) is 0 Å². The molecule has 0 bridgehead atoms. The molecule has 0 saturated carbocycles. The second-order valence-electron chi connectivity index (χ2n) is 11.0. The Morgan fingerprint density at radius 3 is 1.00 bits per heavy atom. The van der Waals surface area contributed by atoms with Crippen LogP contribution in [0.1, 0.15) is 22.3 Å². The molecule has 0 heterocycles. The number of anilines is 6. The molecule has 0 aliphatic carbocycles. The fourth-order valence-electron chi connectivity index (χ4n) is 5.57. The Morgan fingerprint density at radius 1 is 0.333 bits per heavy atom. The molecule has 6 aromatic carbocycles. The number of benzene rings is 6. The van der Waals surface area contributed by atoms with Crippen LogP contribution in [-0.2, 0) is 0 Å². The number of rotatable bonds is 7. The Labute approximate surface area is 250 Å². The molecule has 42 heavy (non-hydrogen) atoms. The van der Waals surface area contributed by atoms with Crippen molar-refractivity contribution in [2.45, 2.75) is 27.7 Å². The van der Waals surface area contributed by atoms with Crippen LogP contribution in [0.15, 0.2) is 146 Å². The highest BCUT2D eigenvalue weighted by atomic mass is 15.1. The molecule has 0 spiro atoms. The van der Waals surface area contributed by atoms with E-state index in [1.54, 1.807) is 0 Å². The maximum Gasteiger partial charge on any atom is 0.0491 e. The van der Waals surface area contributed by atoms with Crippen molar-refractivity contribution in [1.82, 2.24) is 0 Å². The van der Waals surface area contributed by atoms with Gasteiger partial charge in [0, 0.05) is 34.1 Å². The van der Waals surface area contributed by atoms with Crippen LogP contribution in [-0.4, -0.2) is 0 Å². The molecule has 0 radical (unpaired) electrons. The quantitative estimate of drug-likeness (QED) is 0.197. The summed E-state index contributed by atoms with van der Waals surface area (Å²) in [4.78, 5) is 4.68. The lowest BCUT2D eigenvalue weighted by atomic mass is 9.98. The molecule has 2 heteroatoms. The zero-order valence-electron chi connectivity index (χ0n) is 24.8. The predicted molar refractivity (Wildman–Crippen MR) is 180 cm³/mol. The van der Waals surface area contributed by atoms with E-state index in [0.29, 0.717) is 0 Å². The van der Waals surface area contributed by atoms with Crippen molar-refractivity contribution in [3.8, 4) is 11.1 Å². The predicted octanol–water partition coefficient (Wildman–Crippen LogP) is 11.5. The summed E-state index contributed by atoms with van der Waals surface area (Å²) in [6.07, 6.45) is 0. The first-order valence-electron chi connectivity index (χ1n) is 14.5. The van der Waals surface area contributed by atoms with Gasteiger partial charge in [0.05, 0.1) is 0 Å². The van der Waals surface area contributed by atoms with Crippen LogP contribution in [0.2, 0.25) is 0 Å². The normalized spacial score (nSPS) is 10.9. The van der Waals surface area contributed by atoms with Gasteiger partial charge in [-0.05, 0) is 123 Å². The van der Waals surface area contributed by atoms with Crippen molar-refractivity contribution in [3.63, 3.8) is 0 Å². The molecule has 0 atom stereocenters. The van der Waals surface area contributed by atoms with E-state index in [1.807, 2.05) is 0 Å². The Bertz CT molecular complexity index is 1650. The third-order valence-corrected chi connectivity index (χ3v) is 7.82. The van der Waals surface area contributed by atoms with Crippen molar-refractivity contribution >= 4 is 34.1 Å². The number of aryl methyl sites for hydroxylation is 4. The number of hydrogen-bond donors (Lipinski definition) is 0. The van der Waals surface area contributed by atoms with Crippen LogP contribution in [0.25, 0.3) is 11.1 Å². The standard InChI is InChI=1S/C40H36N2/c1-29-15-21-37(22-16-29)41(35-11-7-5-8-12-35)39-25-19-33(27-31(39)3)34-20-26-40(32(4)28-34)42(36-13-9-6-10-14-36)38-23-17-30(2)18-24-38/h5-28H,1-4H3. The van der Waals surface area contributed by atoms with E-state index in [2.05, 4.69) is 183 Å². The molecule has 6 aromatic rings. The Kier molecular flexibility index (Phi) is 7.62. The molecule has 0 amide bonds. The van der Waals surface area contributed by atoms with E-state index in [4.69, 9.17) is 0 Å². The molecule has 0 aromatic heterocycles. The molecular weight excluding hydrogens is 508 g/mol. The number of para-hydroxylation sites is 2. The van der Waals surface area contributed by atoms with Gasteiger partial charge < -0.3 is 9.80 Å². The highest BCUT2D eigenvalue weighted by Crippen LogP contribution is 2.40. The van der Waals surface area contributed by atoms with Crippen molar-refractivity contribution in [2.75, 3.05) is 9.80 Å². The van der Waals surface area contributed by atoms with E-state index < -0.39 is 0 Å². The van der Waals surface area contributed by atoms with Crippen LogP contribution in [0.3, 0.4) is 0 Å². The monoisotopic (exact) mass is 544 g/mol. The lowest BCUT2D eigenvalue weighted by Gasteiger charge is -2.28. The fourth-order valence-corrected chi connectivity index (χ4v) is 5.57. The third kappa shape index (κ3) is 5.57. The summed E-state index contributed by atoms with van der Waals surface area (Å²) < 4.78 is 0. The summed E-state index contributed by atoms with van der Waals surface area (Å²) >= 11 is 0. The molecule has 0 aliphatic rings. The van der Waals surface area contributed by atoms with Crippen molar-refractivity contribution in [1.29, 1.82) is 0 Å². The molecule has 2 nitrogen and oxygen atoms in total. The molecule has 0 N–H and O–H groups in total. The minimum absolute atomic E-state index is 1.15.